The number of nitrogens with zero attached hydrogens (tertiary/aromatic N) is 1. The Labute approximate surface area is 147 Å². The minimum Gasteiger partial charge on any atom is -0.376 e. The Hall–Kier alpha value is -0.250. The molecule has 0 spiro atoms. The van der Waals surface area contributed by atoms with Gasteiger partial charge in [-0.15, -0.1) is 24.0 Å². The summed E-state index contributed by atoms with van der Waals surface area (Å²) in [6.07, 6.45) is 2.55. The minimum absolute atomic E-state index is 0. The molecule has 4 nitrogen and oxygen atoms in total. The second-order valence-electron chi connectivity index (χ2n) is 5.28. The first-order valence-corrected chi connectivity index (χ1v) is 7.64. The lowest BCUT2D eigenvalue weighted by Gasteiger charge is -2.17. The molecule has 1 aliphatic rings. The molecular weight excluding hydrogens is 410 g/mol. The van der Waals surface area contributed by atoms with E-state index in [2.05, 4.69) is 15.6 Å². The number of guanidine groups is 1. The van der Waals surface area contributed by atoms with Gasteiger partial charge in [-0.05, 0) is 12.8 Å². The van der Waals surface area contributed by atoms with Gasteiger partial charge in [-0.25, -0.2) is 0 Å². The summed E-state index contributed by atoms with van der Waals surface area (Å²) in [6.45, 7) is 0.916. The van der Waals surface area contributed by atoms with Crippen LogP contribution in [0.4, 0.5) is 13.2 Å². The molecule has 0 aromatic carbocycles. The Kier molecular flexibility index (Phi) is 12.1. The summed E-state index contributed by atoms with van der Waals surface area (Å²) in [5, 5.41) is 5.60. The van der Waals surface area contributed by atoms with Gasteiger partial charge in [-0.1, -0.05) is 25.7 Å². The predicted octanol–water partition coefficient (Wildman–Crippen LogP) is 3.46. The second-order valence-corrected chi connectivity index (χ2v) is 5.28. The SMILES string of the molecule is CN=C(NCCOC1CCCCCC1)NCCC(F)(F)F.I. The largest absolute Gasteiger partial charge is 0.390 e. The van der Waals surface area contributed by atoms with Crippen LogP contribution in [-0.4, -0.2) is 45.0 Å². The molecule has 22 heavy (non-hydrogen) atoms. The van der Waals surface area contributed by atoms with Crippen molar-refractivity contribution in [3.05, 3.63) is 0 Å². The lowest BCUT2D eigenvalue weighted by atomic mass is 10.1. The van der Waals surface area contributed by atoms with E-state index in [9.17, 15) is 13.2 Å². The monoisotopic (exact) mass is 437 g/mol. The summed E-state index contributed by atoms with van der Waals surface area (Å²) in [5.74, 6) is 0.378. The van der Waals surface area contributed by atoms with Crippen LogP contribution in [0.5, 0.6) is 0 Å². The molecule has 0 atom stereocenters. The zero-order valence-corrected chi connectivity index (χ0v) is 15.4. The van der Waals surface area contributed by atoms with Crippen LogP contribution in [0.15, 0.2) is 4.99 Å². The molecule has 8 heteroatoms. The first-order chi connectivity index (χ1) is 10.0. The highest BCUT2D eigenvalue weighted by Crippen LogP contribution is 2.19. The lowest BCUT2D eigenvalue weighted by Crippen LogP contribution is -2.40. The molecule has 1 rings (SSSR count). The Morgan fingerprint density at radius 2 is 1.68 bits per heavy atom. The van der Waals surface area contributed by atoms with Crippen molar-refractivity contribution in [3.63, 3.8) is 0 Å². The van der Waals surface area contributed by atoms with Gasteiger partial charge in [0.25, 0.3) is 0 Å². The molecule has 0 heterocycles. The summed E-state index contributed by atoms with van der Waals surface area (Å²) in [6, 6.07) is 0. The zero-order valence-electron chi connectivity index (χ0n) is 13.0. The number of ether oxygens (including phenoxy) is 1. The zero-order chi connectivity index (χ0) is 15.6. The highest BCUT2D eigenvalue weighted by Gasteiger charge is 2.26. The molecule has 1 aliphatic carbocycles. The van der Waals surface area contributed by atoms with E-state index in [1.807, 2.05) is 0 Å². The van der Waals surface area contributed by atoms with Gasteiger partial charge in [0.1, 0.15) is 0 Å². The molecule has 1 saturated carbocycles. The maximum atomic E-state index is 12.0. The van der Waals surface area contributed by atoms with Gasteiger partial charge in [0, 0.05) is 20.1 Å². The Morgan fingerprint density at radius 3 is 2.23 bits per heavy atom. The Bertz CT molecular complexity index is 306. The average molecular weight is 437 g/mol. The summed E-state index contributed by atoms with van der Waals surface area (Å²) in [5.41, 5.74) is 0. The number of aliphatic imine (C=N–C) groups is 1. The van der Waals surface area contributed by atoms with E-state index in [4.69, 9.17) is 4.74 Å². The summed E-state index contributed by atoms with van der Waals surface area (Å²) in [4.78, 5) is 3.88. The van der Waals surface area contributed by atoms with Crippen molar-refractivity contribution in [1.29, 1.82) is 0 Å². The van der Waals surface area contributed by atoms with Crippen molar-refractivity contribution in [2.75, 3.05) is 26.7 Å². The summed E-state index contributed by atoms with van der Waals surface area (Å²) >= 11 is 0. The van der Waals surface area contributed by atoms with Crippen molar-refractivity contribution in [2.24, 2.45) is 4.99 Å². The number of hydrogen-bond donors (Lipinski definition) is 2. The van der Waals surface area contributed by atoms with Crippen LogP contribution >= 0.6 is 24.0 Å². The van der Waals surface area contributed by atoms with Crippen LogP contribution in [0, 0.1) is 0 Å². The van der Waals surface area contributed by atoms with Gasteiger partial charge in [0.15, 0.2) is 5.96 Å². The van der Waals surface area contributed by atoms with Gasteiger partial charge in [0.2, 0.25) is 0 Å². The van der Waals surface area contributed by atoms with Crippen molar-refractivity contribution in [2.45, 2.75) is 57.2 Å². The maximum absolute atomic E-state index is 12.0. The van der Waals surface area contributed by atoms with Crippen molar-refractivity contribution < 1.29 is 17.9 Å². The van der Waals surface area contributed by atoms with Gasteiger partial charge in [-0.3, -0.25) is 4.99 Å². The minimum atomic E-state index is -4.14. The molecule has 0 amide bonds. The van der Waals surface area contributed by atoms with Gasteiger partial charge >= 0.3 is 6.18 Å². The smallest absolute Gasteiger partial charge is 0.376 e. The molecule has 0 aliphatic heterocycles. The number of halogens is 4. The molecule has 0 aromatic heterocycles. The third-order valence-corrected chi connectivity index (χ3v) is 3.47. The van der Waals surface area contributed by atoms with E-state index >= 15 is 0 Å². The molecule has 2 N–H and O–H groups in total. The molecule has 0 aromatic rings. The number of hydrogen-bond acceptors (Lipinski definition) is 2. The summed E-state index contributed by atoms with van der Waals surface area (Å²) in [7, 11) is 1.54. The third-order valence-electron chi connectivity index (χ3n) is 3.47. The molecule has 132 valence electrons. The van der Waals surface area contributed by atoms with Crippen LogP contribution in [0.2, 0.25) is 0 Å². The van der Waals surface area contributed by atoms with Crippen molar-refractivity contribution in [1.82, 2.24) is 10.6 Å². The first kappa shape index (κ1) is 21.8. The van der Waals surface area contributed by atoms with Crippen LogP contribution in [0.1, 0.15) is 44.9 Å². The van der Waals surface area contributed by atoms with E-state index in [1.165, 1.54) is 32.7 Å². The Morgan fingerprint density at radius 1 is 1.09 bits per heavy atom. The normalized spacial score (nSPS) is 17.5. The van der Waals surface area contributed by atoms with E-state index in [0.717, 1.165) is 12.8 Å². The lowest BCUT2D eigenvalue weighted by molar-refractivity contribution is -0.132. The maximum Gasteiger partial charge on any atom is 0.390 e. The standard InChI is InChI=1S/C14H26F3N3O.HI/c1-18-13(19-9-8-14(15,16)17)20-10-11-21-12-6-4-2-3-5-7-12;/h12H,2-11H2,1H3,(H2,18,19,20);1H. The van der Waals surface area contributed by atoms with Gasteiger partial charge in [-0.2, -0.15) is 13.2 Å². The van der Waals surface area contributed by atoms with E-state index in [1.54, 1.807) is 0 Å². The fraction of sp³-hybridized carbons (Fsp3) is 0.929. The quantitative estimate of drug-likeness (QED) is 0.220. The first-order valence-electron chi connectivity index (χ1n) is 7.64. The molecule has 0 radical (unpaired) electrons. The Balaban J connectivity index is 0.00000441. The van der Waals surface area contributed by atoms with Crippen molar-refractivity contribution >= 4 is 29.9 Å². The molecule has 1 fully saturated rings. The van der Waals surface area contributed by atoms with Crippen molar-refractivity contribution in [3.8, 4) is 0 Å². The molecular formula is C14H27F3IN3O. The molecule has 0 unspecified atom stereocenters. The fourth-order valence-electron chi connectivity index (χ4n) is 2.35. The van der Waals surface area contributed by atoms with Crippen LogP contribution in [-0.2, 0) is 4.74 Å². The number of alkyl halides is 3. The summed E-state index contributed by atoms with van der Waals surface area (Å²) < 4.78 is 41.9. The van der Waals surface area contributed by atoms with Gasteiger partial charge in [0.05, 0.1) is 19.1 Å². The predicted molar refractivity (Wildman–Crippen MR) is 92.9 cm³/mol. The molecule has 0 bridgehead atoms. The van der Waals surface area contributed by atoms with Crippen LogP contribution in [0.3, 0.4) is 0 Å². The second kappa shape index (κ2) is 12.2. The van der Waals surface area contributed by atoms with E-state index in [0.29, 0.717) is 25.2 Å². The average Bonchev–Trinajstić information content (AvgIpc) is 2.69. The highest BCUT2D eigenvalue weighted by molar-refractivity contribution is 14.0. The third kappa shape index (κ3) is 11.3. The number of rotatable bonds is 6. The highest BCUT2D eigenvalue weighted by atomic mass is 127. The van der Waals surface area contributed by atoms with E-state index in [-0.39, 0.29) is 30.5 Å². The van der Waals surface area contributed by atoms with Gasteiger partial charge < -0.3 is 15.4 Å². The van der Waals surface area contributed by atoms with Crippen LogP contribution in [0.25, 0.3) is 0 Å². The van der Waals surface area contributed by atoms with E-state index < -0.39 is 12.6 Å². The topological polar surface area (TPSA) is 45.7 Å². The number of nitrogens with one attached hydrogen (secondary N) is 2. The molecule has 0 saturated heterocycles. The fourth-order valence-corrected chi connectivity index (χ4v) is 2.35. The van der Waals surface area contributed by atoms with Crippen LogP contribution < -0.4 is 10.6 Å².